The lowest BCUT2D eigenvalue weighted by molar-refractivity contribution is 0.242. The molecule has 2 unspecified atom stereocenters. The van der Waals surface area contributed by atoms with Gasteiger partial charge in [-0.25, -0.2) is 0 Å². The Bertz CT molecular complexity index is 394. The average molecular weight is 247 g/mol. The van der Waals surface area contributed by atoms with Gasteiger partial charge in [-0.3, -0.25) is 0 Å². The van der Waals surface area contributed by atoms with Crippen LogP contribution in [0.4, 0.5) is 0 Å². The number of nitrogens with one attached hydrogen (secondary N) is 1. The highest BCUT2D eigenvalue weighted by molar-refractivity contribution is 5.29. The number of hydrogen-bond donors (Lipinski definition) is 1. The second-order valence-corrected chi connectivity index (χ2v) is 6.37. The summed E-state index contributed by atoms with van der Waals surface area (Å²) in [7, 11) is 0. The minimum atomic E-state index is 0.235. The van der Waals surface area contributed by atoms with E-state index in [2.05, 4.69) is 50.4 Å². The summed E-state index contributed by atoms with van der Waals surface area (Å²) in [4.78, 5) is 0. The third-order valence-corrected chi connectivity index (χ3v) is 3.72. The molecule has 100 valence electrons. The zero-order valence-electron chi connectivity index (χ0n) is 12.2. The molecular formula is C16H25NO. The molecular weight excluding hydrogens is 222 g/mol. The van der Waals surface area contributed by atoms with Crippen LogP contribution in [0.25, 0.3) is 0 Å². The Morgan fingerprint density at radius 2 is 1.72 bits per heavy atom. The molecule has 1 saturated carbocycles. The van der Waals surface area contributed by atoms with E-state index in [1.165, 1.54) is 12.0 Å². The van der Waals surface area contributed by atoms with E-state index in [0.29, 0.717) is 17.5 Å². The largest absolute Gasteiger partial charge is 0.491 e. The summed E-state index contributed by atoms with van der Waals surface area (Å²) in [5.41, 5.74) is 1.81. The number of rotatable bonds is 5. The lowest BCUT2D eigenvalue weighted by Gasteiger charge is -2.16. The minimum absolute atomic E-state index is 0.235. The van der Waals surface area contributed by atoms with E-state index in [1.807, 2.05) is 13.8 Å². The highest BCUT2D eigenvalue weighted by Crippen LogP contribution is 2.45. The lowest BCUT2D eigenvalue weighted by Crippen LogP contribution is -2.24. The highest BCUT2D eigenvalue weighted by atomic mass is 16.5. The van der Waals surface area contributed by atoms with Crippen molar-refractivity contribution in [2.45, 2.75) is 59.2 Å². The molecule has 2 nitrogen and oxygen atoms in total. The molecule has 2 heteroatoms. The summed E-state index contributed by atoms with van der Waals surface area (Å²) in [6.07, 6.45) is 1.52. The van der Waals surface area contributed by atoms with Gasteiger partial charge in [-0.15, -0.1) is 0 Å². The summed E-state index contributed by atoms with van der Waals surface area (Å²) < 4.78 is 5.66. The van der Waals surface area contributed by atoms with Crippen LogP contribution in [0.2, 0.25) is 0 Å². The quantitative estimate of drug-likeness (QED) is 0.851. The van der Waals surface area contributed by atoms with Crippen molar-refractivity contribution < 1.29 is 4.74 Å². The first-order valence-corrected chi connectivity index (χ1v) is 6.91. The van der Waals surface area contributed by atoms with Crippen LogP contribution in [0.15, 0.2) is 24.3 Å². The van der Waals surface area contributed by atoms with E-state index in [-0.39, 0.29) is 6.10 Å². The third kappa shape index (κ3) is 3.26. The maximum Gasteiger partial charge on any atom is 0.119 e. The molecule has 0 radical (unpaired) electrons. The lowest BCUT2D eigenvalue weighted by atomic mass is 10.1. The molecule has 18 heavy (non-hydrogen) atoms. The normalized spacial score (nSPS) is 22.9. The second-order valence-electron chi connectivity index (χ2n) is 6.37. The van der Waals surface area contributed by atoms with E-state index >= 15 is 0 Å². The van der Waals surface area contributed by atoms with Gasteiger partial charge in [0.15, 0.2) is 0 Å². The predicted octanol–water partition coefficient (Wildman–Crippen LogP) is 3.92. The molecule has 0 spiro atoms. The fourth-order valence-corrected chi connectivity index (χ4v) is 2.26. The molecule has 1 aromatic rings. The van der Waals surface area contributed by atoms with Crippen molar-refractivity contribution in [2.24, 2.45) is 5.41 Å². The monoisotopic (exact) mass is 247 g/mol. The Labute approximate surface area is 111 Å². The zero-order valence-corrected chi connectivity index (χ0v) is 12.2. The van der Waals surface area contributed by atoms with Gasteiger partial charge in [-0.2, -0.15) is 0 Å². The van der Waals surface area contributed by atoms with E-state index < -0.39 is 0 Å². The van der Waals surface area contributed by atoms with Crippen LogP contribution in [0, 0.1) is 5.41 Å². The molecule has 1 N–H and O–H groups in total. The highest BCUT2D eigenvalue weighted by Gasteiger charge is 2.45. The first-order chi connectivity index (χ1) is 8.38. The van der Waals surface area contributed by atoms with E-state index in [0.717, 1.165) is 5.75 Å². The van der Waals surface area contributed by atoms with E-state index in [1.54, 1.807) is 0 Å². The van der Waals surface area contributed by atoms with Crippen LogP contribution in [0.5, 0.6) is 5.75 Å². The number of ether oxygens (including phenoxy) is 1. The Balaban J connectivity index is 1.92. The van der Waals surface area contributed by atoms with Crippen molar-refractivity contribution in [3.05, 3.63) is 29.8 Å². The van der Waals surface area contributed by atoms with Crippen LogP contribution in [-0.4, -0.2) is 12.1 Å². The molecule has 1 fully saturated rings. The summed E-state index contributed by atoms with van der Waals surface area (Å²) in [6.45, 7) is 11.0. The summed E-state index contributed by atoms with van der Waals surface area (Å²) in [5.74, 6) is 0.952. The van der Waals surface area contributed by atoms with Crippen LogP contribution in [0.3, 0.4) is 0 Å². The molecule has 1 aromatic carbocycles. The second kappa shape index (κ2) is 4.93. The van der Waals surface area contributed by atoms with Crippen molar-refractivity contribution in [3.8, 4) is 5.75 Å². The smallest absolute Gasteiger partial charge is 0.119 e. The Kier molecular flexibility index (Phi) is 3.67. The Morgan fingerprint density at radius 3 is 2.17 bits per heavy atom. The molecule has 2 atom stereocenters. The molecule has 0 heterocycles. The summed E-state index contributed by atoms with van der Waals surface area (Å²) >= 11 is 0. The molecule has 0 bridgehead atoms. The van der Waals surface area contributed by atoms with Gasteiger partial charge in [0.05, 0.1) is 6.10 Å². The van der Waals surface area contributed by atoms with Crippen molar-refractivity contribution in [3.63, 3.8) is 0 Å². The minimum Gasteiger partial charge on any atom is -0.491 e. The molecule has 2 rings (SSSR count). The van der Waals surface area contributed by atoms with Crippen molar-refractivity contribution >= 4 is 0 Å². The maximum atomic E-state index is 5.66. The van der Waals surface area contributed by atoms with Gasteiger partial charge in [0.1, 0.15) is 5.75 Å². The first-order valence-electron chi connectivity index (χ1n) is 6.91. The standard InChI is InChI=1S/C16H25NO/c1-11(2)18-14-8-6-13(7-9-14)12(3)17-15-10-16(15,4)5/h6-9,11-12,15,17H,10H2,1-5H3. The Hall–Kier alpha value is -1.02. The number of hydrogen-bond acceptors (Lipinski definition) is 2. The van der Waals surface area contributed by atoms with E-state index in [4.69, 9.17) is 4.74 Å². The van der Waals surface area contributed by atoms with E-state index in [9.17, 15) is 0 Å². The van der Waals surface area contributed by atoms with Crippen LogP contribution in [0.1, 0.15) is 52.6 Å². The van der Waals surface area contributed by atoms with Gasteiger partial charge in [0, 0.05) is 12.1 Å². The SMILES string of the molecule is CC(C)Oc1ccc(C(C)NC2CC2(C)C)cc1. The topological polar surface area (TPSA) is 21.3 Å². The van der Waals surface area contributed by atoms with Gasteiger partial charge in [0.2, 0.25) is 0 Å². The van der Waals surface area contributed by atoms with Gasteiger partial charge in [-0.1, -0.05) is 26.0 Å². The molecule has 1 aliphatic rings. The molecule has 0 aromatic heterocycles. The van der Waals surface area contributed by atoms with Crippen LogP contribution >= 0.6 is 0 Å². The first kappa shape index (κ1) is 13.4. The number of benzene rings is 1. The molecule has 1 aliphatic carbocycles. The average Bonchev–Trinajstić information content (AvgIpc) is 2.86. The maximum absolute atomic E-state index is 5.66. The van der Waals surface area contributed by atoms with Gasteiger partial charge >= 0.3 is 0 Å². The predicted molar refractivity (Wildman–Crippen MR) is 75.9 cm³/mol. The molecule has 0 aliphatic heterocycles. The van der Waals surface area contributed by atoms with Gasteiger partial charge in [-0.05, 0) is 50.3 Å². The van der Waals surface area contributed by atoms with Crippen molar-refractivity contribution in [2.75, 3.05) is 0 Å². The third-order valence-electron chi connectivity index (χ3n) is 3.72. The van der Waals surface area contributed by atoms with Crippen molar-refractivity contribution in [1.82, 2.24) is 5.32 Å². The van der Waals surface area contributed by atoms with Crippen LogP contribution in [-0.2, 0) is 0 Å². The molecule has 0 amide bonds. The fraction of sp³-hybridized carbons (Fsp3) is 0.625. The Morgan fingerprint density at radius 1 is 1.17 bits per heavy atom. The van der Waals surface area contributed by atoms with Crippen LogP contribution < -0.4 is 10.1 Å². The van der Waals surface area contributed by atoms with Crippen molar-refractivity contribution in [1.29, 1.82) is 0 Å². The summed E-state index contributed by atoms with van der Waals surface area (Å²) in [6, 6.07) is 9.51. The van der Waals surface area contributed by atoms with Gasteiger partial charge in [0.25, 0.3) is 0 Å². The van der Waals surface area contributed by atoms with Gasteiger partial charge < -0.3 is 10.1 Å². The molecule has 0 saturated heterocycles. The fourth-order valence-electron chi connectivity index (χ4n) is 2.26. The summed E-state index contributed by atoms with van der Waals surface area (Å²) in [5, 5.41) is 3.68. The zero-order chi connectivity index (χ0) is 13.3.